The van der Waals surface area contributed by atoms with Crippen LogP contribution in [0.15, 0.2) is 12.2 Å². The van der Waals surface area contributed by atoms with Crippen molar-refractivity contribution >= 4 is 22.6 Å². The number of halogens is 1. The standard InChI is InChI=1S/C6H11I/c1-5(2)6(3)4-7/h6H,1,4H2,2-3H3/t6-/m0/s1. The van der Waals surface area contributed by atoms with E-state index in [4.69, 9.17) is 0 Å². The van der Waals surface area contributed by atoms with Crippen LogP contribution < -0.4 is 0 Å². The average Bonchev–Trinajstić information content (AvgIpc) is 1.65. The van der Waals surface area contributed by atoms with Crippen molar-refractivity contribution in [1.82, 2.24) is 0 Å². The van der Waals surface area contributed by atoms with Gasteiger partial charge in [0.1, 0.15) is 0 Å². The Bertz CT molecular complexity index is 66.6. The molecule has 0 aromatic rings. The van der Waals surface area contributed by atoms with Gasteiger partial charge in [-0.1, -0.05) is 41.7 Å². The van der Waals surface area contributed by atoms with E-state index in [0.717, 1.165) is 0 Å². The lowest BCUT2D eigenvalue weighted by Gasteiger charge is -2.03. The molecule has 0 nitrogen and oxygen atoms in total. The third-order valence-electron chi connectivity index (χ3n) is 1.07. The monoisotopic (exact) mass is 210 g/mol. The molecule has 1 atom stereocenters. The van der Waals surface area contributed by atoms with Gasteiger partial charge in [0.05, 0.1) is 0 Å². The highest BCUT2D eigenvalue weighted by atomic mass is 127. The van der Waals surface area contributed by atoms with Gasteiger partial charge in [-0.25, -0.2) is 0 Å². The van der Waals surface area contributed by atoms with E-state index in [1.807, 2.05) is 0 Å². The van der Waals surface area contributed by atoms with E-state index >= 15 is 0 Å². The van der Waals surface area contributed by atoms with Crippen molar-refractivity contribution in [3.05, 3.63) is 12.2 Å². The van der Waals surface area contributed by atoms with Gasteiger partial charge in [-0.05, 0) is 12.8 Å². The van der Waals surface area contributed by atoms with Gasteiger partial charge in [0.15, 0.2) is 0 Å². The van der Waals surface area contributed by atoms with Crippen molar-refractivity contribution in [1.29, 1.82) is 0 Å². The highest BCUT2D eigenvalue weighted by Crippen LogP contribution is 2.08. The van der Waals surface area contributed by atoms with Crippen LogP contribution in [-0.2, 0) is 0 Å². The Labute approximate surface area is 59.1 Å². The quantitative estimate of drug-likeness (QED) is 0.373. The summed E-state index contributed by atoms with van der Waals surface area (Å²) in [7, 11) is 0. The van der Waals surface area contributed by atoms with E-state index in [1.165, 1.54) is 10.0 Å². The fourth-order valence-electron chi connectivity index (χ4n) is 0.132. The fraction of sp³-hybridized carbons (Fsp3) is 0.667. The third kappa shape index (κ3) is 3.09. The fourth-order valence-corrected chi connectivity index (χ4v) is 0.884. The van der Waals surface area contributed by atoms with Crippen molar-refractivity contribution in [3.8, 4) is 0 Å². The summed E-state index contributed by atoms with van der Waals surface area (Å²) in [5, 5.41) is 0. The van der Waals surface area contributed by atoms with Crippen molar-refractivity contribution in [2.75, 3.05) is 4.43 Å². The Morgan fingerprint density at radius 1 is 1.86 bits per heavy atom. The number of hydrogen-bond acceptors (Lipinski definition) is 0. The molecule has 0 aliphatic heterocycles. The van der Waals surface area contributed by atoms with Gasteiger partial charge in [0.25, 0.3) is 0 Å². The highest BCUT2D eigenvalue weighted by Gasteiger charge is 1.95. The lowest BCUT2D eigenvalue weighted by Crippen LogP contribution is -1.93. The summed E-state index contributed by atoms with van der Waals surface area (Å²) >= 11 is 2.37. The first kappa shape index (κ1) is 7.47. The molecule has 0 fully saturated rings. The molecule has 0 unspecified atom stereocenters. The normalized spacial score (nSPS) is 13.6. The highest BCUT2D eigenvalue weighted by molar-refractivity contribution is 14.1. The Morgan fingerprint density at radius 3 is 2.29 bits per heavy atom. The van der Waals surface area contributed by atoms with Crippen LogP contribution >= 0.6 is 22.6 Å². The van der Waals surface area contributed by atoms with Gasteiger partial charge >= 0.3 is 0 Å². The van der Waals surface area contributed by atoms with Crippen molar-refractivity contribution in [2.45, 2.75) is 13.8 Å². The van der Waals surface area contributed by atoms with Gasteiger partial charge < -0.3 is 0 Å². The topological polar surface area (TPSA) is 0 Å². The smallest absolute Gasteiger partial charge is 0.00581 e. The molecule has 0 radical (unpaired) electrons. The lowest BCUT2D eigenvalue weighted by atomic mass is 10.1. The molecule has 0 saturated carbocycles. The first-order valence-corrected chi connectivity index (χ1v) is 3.92. The minimum atomic E-state index is 0.695. The summed E-state index contributed by atoms with van der Waals surface area (Å²) in [5.41, 5.74) is 1.29. The minimum absolute atomic E-state index is 0.695. The van der Waals surface area contributed by atoms with E-state index in [1.54, 1.807) is 0 Å². The molecule has 0 heterocycles. The van der Waals surface area contributed by atoms with Crippen molar-refractivity contribution < 1.29 is 0 Å². The molecule has 0 N–H and O–H groups in total. The van der Waals surface area contributed by atoms with E-state index in [9.17, 15) is 0 Å². The second-order valence-electron chi connectivity index (χ2n) is 1.90. The summed E-state index contributed by atoms with van der Waals surface area (Å²) in [6, 6.07) is 0. The van der Waals surface area contributed by atoms with Gasteiger partial charge in [-0.3, -0.25) is 0 Å². The third-order valence-corrected chi connectivity index (χ3v) is 2.39. The molecule has 42 valence electrons. The minimum Gasteiger partial charge on any atom is -0.0998 e. The SMILES string of the molecule is C=C(C)[C@@H](C)CI. The summed E-state index contributed by atoms with van der Waals surface area (Å²) in [4.78, 5) is 0. The van der Waals surface area contributed by atoms with E-state index in [0.29, 0.717) is 5.92 Å². The maximum absolute atomic E-state index is 3.82. The maximum atomic E-state index is 3.82. The lowest BCUT2D eigenvalue weighted by molar-refractivity contribution is 0.800. The van der Waals surface area contributed by atoms with Gasteiger partial charge in [0.2, 0.25) is 0 Å². The zero-order chi connectivity index (χ0) is 5.86. The van der Waals surface area contributed by atoms with Crippen LogP contribution in [0.5, 0.6) is 0 Å². The summed E-state index contributed by atoms with van der Waals surface area (Å²) in [6.07, 6.45) is 0. The maximum Gasteiger partial charge on any atom is 0.00581 e. The van der Waals surface area contributed by atoms with E-state index < -0.39 is 0 Å². The van der Waals surface area contributed by atoms with Crippen LogP contribution in [0.1, 0.15) is 13.8 Å². The number of rotatable bonds is 2. The molecule has 1 heteroatoms. The van der Waals surface area contributed by atoms with Gasteiger partial charge in [-0.2, -0.15) is 0 Å². The van der Waals surface area contributed by atoms with Crippen molar-refractivity contribution in [2.24, 2.45) is 5.92 Å². The van der Waals surface area contributed by atoms with Gasteiger partial charge in [-0.15, -0.1) is 0 Å². The van der Waals surface area contributed by atoms with E-state index in [2.05, 4.69) is 43.0 Å². The molecule has 0 bridgehead atoms. The molecule has 0 aromatic carbocycles. The molecule has 0 spiro atoms. The molecule has 0 rings (SSSR count). The molecular formula is C6H11I. The molecular weight excluding hydrogens is 199 g/mol. The second-order valence-corrected chi connectivity index (χ2v) is 2.78. The number of hydrogen-bond donors (Lipinski definition) is 0. The van der Waals surface area contributed by atoms with Crippen LogP contribution in [0.25, 0.3) is 0 Å². The van der Waals surface area contributed by atoms with Crippen LogP contribution in [0.4, 0.5) is 0 Å². The van der Waals surface area contributed by atoms with Crippen molar-refractivity contribution in [3.63, 3.8) is 0 Å². The van der Waals surface area contributed by atoms with E-state index in [-0.39, 0.29) is 0 Å². The van der Waals surface area contributed by atoms with Crippen LogP contribution in [-0.4, -0.2) is 4.43 Å². The summed E-state index contributed by atoms with van der Waals surface area (Å²) in [5.74, 6) is 0.695. The summed E-state index contributed by atoms with van der Waals surface area (Å²) in [6.45, 7) is 8.08. The Balaban J connectivity index is 3.34. The molecule has 0 amide bonds. The molecule has 7 heavy (non-hydrogen) atoms. The zero-order valence-corrected chi connectivity index (χ0v) is 7.03. The van der Waals surface area contributed by atoms with Crippen LogP contribution in [0, 0.1) is 5.92 Å². The predicted molar refractivity (Wildman–Crippen MR) is 42.9 cm³/mol. The summed E-state index contributed by atoms with van der Waals surface area (Å²) < 4.78 is 1.19. The first-order valence-electron chi connectivity index (χ1n) is 2.40. The van der Waals surface area contributed by atoms with Crippen LogP contribution in [0.2, 0.25) is 0 Å². The molecule has 0 aliphatic carbocycles. The number of allylic oxidation sites excluding steroid dienone is 1. The Hall–Kier alpha value is 0.470. The Morgan fingerprint density at radius 2 is 2.29 bits per heavy atom. The first-order chi connectivity index (χ1) is 3.18. The average molecular weight is 210 g/mol. The number of alkyl halides is 1. The second kappa shape index (κ2) is 3.47. The molecule has 0 aliphatic rings. The molecule has 0 aromatic heterocycles. The zero-order valence-electron chi connectivity index (χ0n) is 4.87. The van der Waals surface area contributed by atoms with Crippen LogP contribution in [0.3, 0.4) is 0 Å². The largest absolute Gasteiger partial charge is 0.0998 e. The molecule has 0 saturated heterocycles. The van der Waals surface area contributed by atoms with Gasteiger partial charge in [0, 0.05) is 4.43 Å². The predicted octanol–water partition coefficient (Wildman–Crippen LogP) is 2.63. The Kier molecular flexibility index (Phi) is 3.70.